The van der Waals surface area contributed by atoms with Gasteiger partial charge >= 0.3 is 0 Å². The van der Waals surface area contributed by atoms with E-state index in [1.165, 1.54) is 36.0 Å². The number of nitrogens with one attached hydrogen (secondary N) is 2. The fourth-order valence-electron chi connectivity index (χ4n) is 7.51. The van der Waals surface area contributed by atoms with Crippen LogP contribution in [0.2, 0.25) is 5.02 Å². The molecule has 1 amide bonds. The second-order valence-corrected chi connectivity index (χ2v) is 15.8. The van der Waals surface area contributed by atoms with Crippen LogP contribution in [-0.2, 0) is 40.8 Å². The van der Waals surface area contributed by atoms with E-state index in [4.69, 9.17) is 18.2 Å². The Hall–Kier alpha value is -6.01. The minimum absolute atomic E-state index is 0.00385. The maximum Gasteiger partial charge on any atom is 0.293 e. The highest BCUT2D eigenvalue weighted by Gasteiger charge is 2.67. The summed E-state index contributed by atoms with van der Waals surface area (Å²) in [5, 5.41) is 10.4. The molecule has 4 heterocycles. The van der Waals surface area contributed by atoms with Crippen LogP contribution in [0.3, 0.4) is 0 Å². The highest BCUT2D eigenvalue weighted by Crippen LogP contribution is 2.68. The summed E-state index contributed by atoms with van der Waals surface area (Å²) in [6.07, 6.45) is -2.86. The summed E-state index contributed by atoms with van der Waals surface area (Å²) < 4.78 is 117. The number of anilines is 1. The van der Waals surface area contributed by atoms with E-state index in [-0.39, 0.29) is 67.7 Å². The molecule has 0 bridgehead atoms. The second-order valence-electron chi connectivity index (χ2n) is 13.7. The first-order chi connectivity index (χ1) is 26.9. The maximum atomic E-state index is 15.4. The van der Waals surface area contributed by atoms with Gasteiger partial charge in [0.25, 0.3) is 29.4 Å². The number of hydrogen-bond donors (Lipinski definition) is 2. The van der Waals surface area contributed by atoms with Crippen molar-refractivity contribution in [2.45, 2.75) is 43.7 Å². The molecule has 14 nitrogen and oxygen atoms in total. The number of rotatable bonds is 10. The van der Waals surface area contributed by atoms with Gasteiger partial charge in [0.1, 0.15) is 40.8 Å². The Morgan fingerprint density at radius 2 is 1.82 bits per heavy atom. The summed E-state index contributed by atoms with van der Waals surface area (Å²) in [5.41, 5.74) is -3.17. The molecule has 0 aliphatic heterocycles. The Kier molecular flexibility index (Phi) is 8.84. The van der Waals surface area contributed by atoms with Gasteiger partial charge in [-0.2, -0.15) is 24.0 Å². The van der Waals surface area contributed by atoms with Crippen LogP contribution >= 0.6 is 11.6 Å². The average Bonchev–Trinajstić information content (AvgIpc) is 3.66. The van der Waals surface area contributed by atoms with Gasteiger partial charge in [-0.3, -0.25) is 28.2 Å². The van der Waals surface area contributed by atoms with Crippen LogP contribution in [0, 0.1) is 24.1 Å². The number of aromatic nitrogens is 7. The van der Waals surface area contributed by atoms with E-state index >= 15 is 8.78 Å². The SMILES string of the molecule is [C-]#[N+]c1ccc2c(=O)n(-c3ccc(Cl)c4c(NS(C)(=O)=O)nn(C)c34)c([C@H](Cc3cc(F)cc(F)c3)NC(=O)Cn3nc(C(F)F)c4c3C(F)(F)[C@@H]3C[C@H]43)nc2n1. The van der Waals surface area contributed by atoms with Crippen molar-refractivity contribution in [3.05, 3.63) is 109 Å². The van der Waals surface area contributed by atoms with E-state index < -0.39 is 87.7 Å². The molecule has 294 valence electrons. The molecular weight excluding hydrogens is 806 g/mol. The van der Waals surface area contributed by atoms with Gasteiger partial charge in [0.2, 0.25) is 15.9 Å². The number of pyridine rings is 1. The zero-order valence-electron chi connectivity index (χ0n) is 29.2. The third-order valence-electron chi connectivity index (χ3n) is 9.77. The third-order valence-corrected chi connectivity index (χ3v) is 10.6. The van der Waals surface area contributed by atoms with Crippen molar-refractivity contribution in [2.24, 2.45) is 13.0 Å². The lowest BCUT2D eigenvalue weighted by Gasteiger charge is -2.23. The van der Waals surface area contributed by atoms with Crippen molar-refractivity contribution in [3.8, 4) is 5.69 Å². The first kappa shape index (κ1) is 37.9. The maximum absolute atomic E-state index is 15.4. The monoisotopic (exact) mass is 830 g/mol. The summed E-state index contributed by atoms with van der Waals surface area (Å²) >= 11 is 6.54. The Morgan fingerprint density at radius 3 is 2.49 bits per heavy atom. The van der Waals surface area contributed by atoms with E-state index in [9.17, 15) is 35.6 Å². The molecule has 0 radical (unpaired) electrons. The Bertz CT molecular complexity index is 2910. The fourth-order valence-corrected chi connectivity index (χ4v) is 8.25. The van der Waals surface area contributed by atoms with Gasteiger partial charge in [-0.05, 0) is 48.2 Å². The lowest BCUT2D eigenvalue weighted by molar-refractivity contribution is -0.123. The molecule has 0 unspecified atom stereocenters. The van der Waals surface area contributed by atoms with E-state index in [2.05, 4.69) is 35.0 Å². The molecule has 3 atom stereocenters. The van der Waals surface area contributed by atoms with E-state index in [0.717, 1.165) is 23.0 Å². The lowest BCUT2D eigenvalue weighted by atomic mass is 10.0. The highest BCUT2D eigenvalue weighted by atomic mass is 35.5. The highest BCUT2D eigenvalue weighted by molar-refractivity contribution is 7.92. The van der Waals surface area contributed by atoms with Crippen LogP contribution in [0.1, 0.15) is 53.1 Å². The Labute approximate surface area is 321 Å². The molecule has 0 spiro atoms. The number of amides is 1. The van der Waals surface area contributed by atoms with Crippen molar-refractivity contribution < 1.29 is 39.6 Å². The van der Waals surface area contributed by atoms with Gasteiger partial charge in [0.15, 0.2) is 5.82 Å². The number of sulfonamides is 1. The topological polar surface area (TPSA) is 163 Å². The zero-order valence-corrected chi connectivity index (χ0v) is 30.8. The number of alkyl halides is 4. The number of fused-ring (bicyclic) bond motifs is 5. The van der Waals surface area contributed by atoms with Crippen molar-refractivity contribution in [1.29, 1.82) is 0 Å². The molecule has 2 aliphatic rings. The van der Waals surface area contributed by atoms with Crippen LogP contribution in [-0.4, -0.2) is 54.7 Å². The summed E-state index contributed by atoms with van der Waals surface area (Å²) in [7, 11) is -2.49. The summed E-state index contributed by atoms with van der Waals surface area (Å²) in [6.45, 7) is 6.43. The van der Waals surface area contributed by atoms with E-state index in [1.54, 1.807) is 0 Å². The summed E-state index contributed by atoms with van der Waals surface area (Å²) in [6, 6.07) is 6.11. The van der Waals surface area contributed by atoms with Gasteiger partial charge < -0.3 is 10.2 Å². The van der Waals surface area contributed by atoms with Crippen molar-refractivity contribution >= 4 is 61.1 Å². The normalized spacial score (nSPS) is 17.4. The number of nitrogens with zero attached hydrogens (tertiary/aromatic N) is 8. The smallest absolute Gasteiger partial charge is 0.293 e. The first-order valence-corrected chi connectivity index (χ1v) is 19.1. The largest absolute Gasteiger partial charge is 0.361 e. The number of carbonyl (C=O) groups is 1. The van der Waals surface area contributed by atoms with Crippen LogP contribution < -0.4 is 15.6 Å². The van der Waals surface area contributed by atoms with Crippen LogP contribution in [0.5, 0.6) is 0 Å². The predicted molar refractivity (Wildman–Crippen MR) is 192 cm³/mol. The number of hydrogen-bond acceptors (Lipinski definition) is 8. The quantitative estimate of drug-likeness (QED) is 0.126. The molecule has 22 heteroatoms. The van der Waals surface area contributed by atoms with Crippen LogP contribution in [0.4, 0.5) is 38.0 Å². The first-order valence-electron chi connectivity index (χ1n) is 16.8. The van der Waals surface area contributed by atoms with Crippen LogP contribution in [0.15, 0.2) is 47.3 Å². The Balaban J connectivity index is 1.33. The van der Waals surface area contributed by atoms with Crippen molar-refractivity contribution in [2.75, 3.05) is 11.0 Å². The minimum atomic E-state index is -3.91. The predicted octanol–water partition coefficient (Wildman–Crippen LogP) is 5.96. The van der Waals surface area contributed by atoms with E-state index in [0.29, 0.717) is 10.7 Å². The molecule has 8 rings (SSSR count). The van der Waals surface area contributed by atoms with E-state index in [1.807, 2.05) is 0 Å². The van der Waals surface area contributed by atoms with Gasteiger partial charge in [0, 0.05) is 31.0 Å². The van der Waals surface area contributed by atoms with Gasteiger partial charge in [-0.15, -0.1) is 0 Å². The molecule has 1 fully saturated rings. The van der Waals surface area contributed by atoms with Crippen LogP contribution in [0.25, 0.3) is 32.5 Å². The summed E-state index contributed by atoms with van der Waals surface area (Å²) in [5.74, 6) is -9.47. The summed E-state index contributed by atoms with van der Waals surface area (Å²) in [4.78, 5) is 40.5. The third kappa shape index (κ3) is 6.51. The zero-order chi connectivity index (χ0) is 40.9. The van der Waals surface area contributed by atoms with Crippen molar-refractivity contribution in [1.82, 2.24) is 39.4 Å². The molecule has 2 aliphatic carbocycles. The average molecular weight is 831 g/mol. The van der Waals surface area contributed by atoms with Crippen molar-refractivity contribution in [3.63, 3.8) is 0 Å². The molecule has 2 aromatic carbocycles. The van der Waals surface area contributed by atoms with Gasteiger partial charge in [0.05, 0.1) is 33.9 Å². The van der Waals surface area contributed by atoms with Gasteiger partial charge in [-0.25, -0.2) is 26.0 Å². The Morgan fingerprint density at radius 1 is 1.11 bits per heavy atom. The number of benzene rings is 2. The minimum Gasteiger partial charge on any atom is -0.361 e. The van der Waals surface area contributed by atoms with Gasteiger partial charge in [-0.1, -0.05) is 29.2 Å². The molecular formula is C35H25ClF6N10O4S. The number of halogens is 7. The molecule has 57 heavy (non-hydrogen) atoms. The molecule has 0 saturated heterocycles. The molecule has 2 N–H and O–H groups in total. The molecule has 6 aromatic rings. The molecule has 4 aromatic heterocycles. The second kappa shape index (κ2) is 13.3. The fraction of sp³-hybridized carbons (Fsp3) is 0.286. The molecule has 1 saturated carbocycles. The number of aryl methyl sites for hydroxylation is 1. The number of carbonyl (C=O) groups excluding carboxylic acids is 1. The lowest BCUT2D eigenvalue weighted by Crippen LogP contribution is -2.38. The standard InChI is InChI=1S/C35H25ClF6N10O4S/c1-43-23-7-4-17-31(45-23)46-33(52(34(17)54)22-6-5-20(36)26-28(22)50(2)48-32(26)49-57(3,55)56)21(10-14-8-15(37)11-16(38)9-14)44-24(53)13-51-29-25(27(47-51)30(39)40)18-12-19(18)35(29,41)42/h4-9,11,18-19,21,30H,10,12-13H2,2-3H3,(H,44,53)(H,48,49)/t18-,19+,21-/m0/s1.